The van der Waals surface area contributed by atoms with Gasteiger partial charge in [-0.3, -0.25) is 0 Å². The minimum Gasteiger partial charge on any atom is -0.456 e. The van der Waals surface area contributed by atoms with Gasteiger partial charge in [0.2, 0.25) is 0 Å². The lowest BCUT2D eigenvalue weighted by molar-refractivity contribution is 0.669. The molecule has 0 aliphatic rings. The summed E-state index contributed by atoms with van der Waals surface area (Å²) in [6.45, 7) is 0. The van der Waals surface area contributed by atoms with Crippen LogP contribution in [0.1, 0.15) is 0 Å². The molecule has 56 heavy (non-hydrogen) atoms. The van der Waals surface area contributed by atoms with Crippen LogP contribution in [0.2, 0.25) is 0 Å². The van der Waals surface area contributed by atoms with Crippen molar-refractivity contribution in [3.63, 3.8) is 0 Å². The summed E-state index contributed by atoms with van der Waals surface area (Å²) in [6, 6.07) is 80.2. The van der Waals surface area contributed by atoms with Crippen molar-refractivity contribution < 1.29 is 4.42 Å². The van der Waals surface area contributed by atoms with Gasteiger partial charge in [-0.05, 0) is 98.6 Å². The average molecular weight is 716 g/mol. The molecule has 0 atom stereocenters. The normalized spacial score (nSPS) is 11.2. The Kier molecular flexibility index (Phi) is 8.55. The molecule has 2 heteroatoms. The van der Waals surface area contributed by atoms with Crippen LogP contribution in [0.3, 0.4) is 0 Å². The number of hydrogen-bond donors (Lipinski definition) is 0. The molecule has 264 valence electrons. The number of nitrogens with zero attached hydrogens (tertiary/aromatic N) is 1. The van der Waals surface area contributed by atoms with E-state index in [4.69, 9.17) is 4.42 Å². The molecule has 0 radical (unpaired) electrons. The van der Waals surface area contributed by atoms with Gasteiger partial charge in [-0.25, -0.2) is 0 Å². The summed E-state index contributed by atoms with van der Waals surface area (Å²) in [6.07, 6.45) is 0. The summed E-state index contributed by atoms with van der Waals surface area (Å²) in [4.78, 5) is 2.41. The van der Waals surface area contributed by atoms with E-state index in [-0.39, 0.29) is 0 Å². The zero-order chi connectivity index (χ0) is 37.3. The zero-order valence-electron chi connectivity index (χ0n) is 30.7. The summed E-state index contributed by atoms with van der Waals surface area (Å²) < 4.78 is 6.30. The molecule has 0 aliphatic carbocycles. The van der Waals surface area contributed by atoms with Crippen molar-refractivity contribution in [2.24, 2.45) is 0 Å². The van der Waals surface area contributed by atoms with Crippen LogP contribution in [-0.4, -0.2) is 0 Å². The van der Waals surface area contributed by atoms with E-state index in [2.05, 4.69) is 217 Å². The van der Waals surface area contributed by atoms with Gasteiger partial charge in [-0.15, -0.1) is 0 Å². The Morgan fingerprint density at radius 2 is 0.786 bits per heavy atom. The van der Waals surface area contributed by atoms with E-state index in [9.17, 15) is 0 Å². The number of rotatable bonds is 8. The maximum atomic E-state index is 6.30. The Hall–Kier alpha value is -7.42. The topological polar surface area (TPSA) is 16.4 Å². The number of hydrogen-bond acceptors (Lipinski definition) is 2. The molecule has 10 aromatic rings. The molecule has 0 bridgehead atoms. The zero-order valence-corrected chi connectivity index (χ0v) is 30.7. The van der Waals surface area contributed by atoms with Gasteiger partial charge in [0.1, 0.15) is 11.2 Å². The molecule has 10 rings (SSSR count). The number of benzene rings is 9. The molecule has 0 saturated heterocycles. The quantitative estimate of drug-likeness (QED) is 0.156. The van der Waals surface area contributed by atoms with E-state index in [0.717, 1.165) is 66.8 Å². The Balaban J connectivity index is 1.18. The monoisotopic (exact) mass is 715 g/mol. The first-order valence-electron chi connectivity index (χ1n) is 19.1. The number of para-hydroxylation sites is 1. The molecule has 0 N–H and O–H groups in total. The second-order valence-corrected chi connectivity index (χ2v) is 14.1. The van der Waals surface area contributed by atoms with Crippen LogP contribution >= 0.6 is 0 Å². The lowest BCUT2D eigenvalue weighted by Gasteiger charge is -2.30. The smallest absolute Gasteiger partial charge is 0.135 e. The third kappa shape index (κ3) is 6.24. The first kappa shape index (κ1) is 33.2. The third-order valence-corrected chi connectivity index (χ3v) is 10.7. The molecule has 0 unspecified atom stereocenters. The SMILES string of the molecule is c1ccc(-c2ccc(-c3cccc(N(c4ccc(-c5ccccc5)cc4)c4cccc(-c5ccccc5)c4-c4ccc5oc6ccccc6c5c4)c3)cc2)cc1. The second kappa shape index (κ2) is 14.4. The Bertz CT molecular complexity index is 2930. The van der Waals surface area contributed by atoms with Crippen molar-refractivity contribution in [2.45, 2.75) is 0 Å². The first-order valence-corrected chi connectivity index (χ1v) is 19.1. The largest absolute Gasteiger partial charge is 0.456 e. The van der Waals surface area contributed by atoms with E-state index in [1.54, 1.807) is 0 Å². The fourth-order valence-corrected chi connectivity index (χ4v) is 7.94. The lowest BCUT2D eigenvalue weighted by atomic mass is 9.91. The maximum Gasteiger partial charge on any atom is 0.135 e. The highest BCUT2D eigenvalue weighted by molar-refractivity contribution is 6.08. The van der Waals surface area contributed by atoms with E-state index in [0.29, 0.717) is 0 Å². The van der Waals surface area contributed by atoms with Gasteiger partial charge in [0.25, 0.3) is 0 Å². The summed E-state index contributed by atoms with van der Waals surface area (Å²) in [5, 5.41) is 2.22. The van der Waals surface area contributed by atoms with Crippen molar-refractivity contribution in [3.05, 3.63) is 224 Å². The van der Waals surface area contributed by atoms with Gasteiger partial charge in [-0.1, -0.05) is 176 Å². The number of anilines is 3. The average Bonchev–Trinajstić information content (AvgIpc) is 3.66. The van der Waals surface area contributed by atoms with E-state index in [1.807, 2.05) is 12.1 Å². The highest BCUT2D eigenvalue weighted by Crippen LogP contribution is 2.47. The highest BCUT2D eigenvalue weighted by atomic mass is 16.3. The van der Waals surface area contributed by atoms with Crippen molar-refractivity contribution in [3.8, 4) is 55.6 Å². The predicted octanol–water partition coefficient (Wildman–Crippen LogP) is 15.4. The molecule has 0 fully saturated rings. The maximum absolute atomic E-state index is 6.30. The van der Waals surface area contributed by atoms with Crippen molar-refractivity contribution >= 4 is 39.0 Å². The molecular formula is C54H37NO. The lowest BCUT2D eigenvalue weighted by Crippen LogP contribution is -2.12. The first-order chi connectivity index (χ1) is 27.8. The van der Waals surface area contributed by atoms with Gasteiger partial charge >= 0.3 is 0 Å². The van der Waals surface area contributed by atoms with Crippen LogP contribution in [0, 0.1) is 0 Å². The number of fused-ring (bicyclic) bond motifs is 3. The highest BCUT2D eigenvalue weighted by Gasteiger charge is 2.22. The van der Waals surface area contributed by atoms with E-state index in [1.165, 1.54) is 27.8 Å². The van der Waals surface area contributed by atoms with E-state index >= 15 is 0 Å². The molecule has 1 heterocycles. The molecule has 1 aromatic heterocycles. The van der Waals surface area contributed by atoms with Crippen LogP contribution in [0.15, 0.2) is 229 Å². The van der Waals surface area contributed by atoms with Crippen LogP contribution < -0.4 is 4.90 Å². The van der Waals surface area contributed by atoms with Crippen LogP contribution in [0.5, 0.6) is 0 Å². The fourth-order valence-electron chi connectivity index (χ4n) is 7.94. The summed E-state index contributed by atoms with van der Waals surface area (Å²) in [5.74, 6) is 0. The van der Waals surface area contributed by atoms with Gasteiger partial charge < -0.3 is 9.32 Å². The summed E-state index contributed by atoms with van der Waals surface area (Å²) in [7, 11) is 0. The van der Waals surface area contributed by atoms with Gasteiger partial charge in [-0.2, -0.15) is 0 Å². The predicted molar refractivity (Wildman–Crippen MR) is 236 cm³/mol. The van der Waals surface area contributed by atoms with Crippen molar-refractivity contribution in [1.82, 2.24) is 0 Å². The molecule has 0 amide bonds. The molecule has 2 nitrogen and oxygen atoms in total. The fraction of sp³-hybridized carbons (Fsp3) is 0. The Morgan fingerprint density at radius 3 is 1.46 bits per heavy atom. The minimum absolute atomic E-state index is 0.882. The Labute approximate surface area is 327 Å². The van der Waals surface area contributed by atoms with Gasteiger partial charge in [0.05, 0.1) is 5.69 Å². The summed E-state index contributed by atoms with van der Waals surface area (Å²) in [5.41, 5.74) is 16.7. The third-order valence-electron chi connectivity index (χ3n) is 10.7. The molecule has 0 aliphatic heterocycles. The molecule has 9 aromatic carbocycles. The Morgan fingerprint density at radius 1 is 0.286 bits per heavy atom. The minimum atomic E-state index is 0.882. The van der Waals surface area contributed by atoms with Gasteiger partial charge in [0.15, 0.2) is 0 Å². The molecule has 0 spiro atoms. The number of furan rings is 1. The second-order valence-electron chi connectivity index (χ2n) is 14.1. The molecule has 0 saturated carbocycles. The molecular weight excluding hydrogens is 679 g/mol. The summed E-state index contributed by atoms with van der Waals surface area (Å²) >= 11 is 0. The van der Waals surface area contributed by atoms with Crippen molar-refractivity contribution in [1.29, 1.82) is 0 Å². The van der Waals surface area contributed by atoms with Crippen molar-refractivity contribution in [2.75, 3.05) is 4.90 Å². The van der Waals surface area contributed by atoms with Crippen LogP contribution in [0.4, 0.5) is 17.1 Å². The van der Waals surface area contributed by atoms with Crippen LogP contribution in [0.25, 0.3) is 77.6 Å². The van der Waals surface area contributed by atoms with Gasteiger partial charge in [0, 0.05) is 27.7 Å². The van der Waals surface area contributed by atoms with E-state index < -0.39 is 0 Å². The van der Waals surface area contributed by atoms with Crippen LogP contribution in [-0.2, 0) is 0 Å². The standard InChI is InChI=1S/C54H37NO/c1-4-14-38(15-5-1)40-26-28-42(29-27-40)44-20-12-21-47(36-44)55(46-33-30-41(31-34-46)39-16-6-2-7-17-39)51-24-13-23-48(43-18-8-3-9-19-43)54(51)45-32-35-53-50(37-45)49-22-10-11-25-52(49)56-53/h1-37H.